The smallest absolute Gasteiger partial charge is 0.223 e. The number of hydrogen-bond donors (Lipinski definition) is 1. The van der Waals surface area contributed by atoms with Gasteiger partial charge in [0.2, 0.25) is 5.91 Å². The molecule has 0 bridgehead atoms. The molecule has 0 radical (unpaired) electrons. The Hall–Kier alpha value is -0.900. The van der Waals surface area contributed by atoms with Crippen molar-refractivity contribution in [2.45, 2.75) is 52.9 Å². The lowest BCUT2D eigenvalue weighted by atomic mass is 9.77. The minimum atomic E-state index is -0.0882. The highest BCUT2D eigenvalue weighted by atomic mass is 16.2. The summed E-state index contributed by atoms with van der Waals surface area (Å²) in [6.07, 6.45) is 4.88. The number of Topliss-reactive ketones (excluding diaryl/α,β-unsaturated/α-hetero) is 1. The highest BCUT2D eigenvalue weighted by molar-refractivity contribution is 5.87. The van der Waals surface area contributed by atoms with E-state index in [1.165, 1.54) is 0 Å². The number of carbonyl (C=O) groups is 2. The van der Waals surface area contributed by atoms with Gasteiger partial charge in [-0.1, -0.05) is 26.7 Å². The van der Waals surface area contributed by atoms with E-state index in [1.54, 1.807) is 6.92 Å². The van der Waals surface area contributed by atoms with Gasteiger partial charge in [0.05, 0.1) is 0 Å². The zero-order valence-corrected chi connectivity index (χ0v) is 13.3. The van der Waals surface area contributed by atoms with Gasteiger partial charge in [-0.15, -0.1) is 0 Å². The molecule has 1 fully saturated rings. The fourth-order valence-electron chi connectivity index (χ4n) is 3.12. The minimum Gasteiger partial charge on any atom is -0.356 e. The van der Waals surface area contributed by atoms with Crippen LogP contribution in [-0.2, 0) is 9.59 Å². The van der Waals surface area contributed by atoms with Crippen LogP contribution >= 0.6 is 0 Å². The van der Waals surface area contributed by atoms with Crippen molar-refractivity contribution in [1.82, 2.24) is 10.2 Å². The zero-order chi connectivity index (χ0) is 15.0. The number of ketones is 1. The minimum absolute atomic E-state index is 0.0495. The van der Waals surface area contributed by atoms with Crippen LogP contribution in [0.3, 0.4) is 0 Å². The van der Waals surface area contributed by atoms with E-state index in [1.807, 2.05) is 0 Å². The van der Waals surface area contributed by atoms with E-state index < -0.39 is 0 Å². The molecule has 1 amide bonds. The highest BCUT2D eigenvalue weighted by Crippen LogP contribution is 2.30. The van der Waals surface area contributed by atoms with Gasteiger partial charge in [0.1, 0.15) is 5.78 Å². The van der Waals surface area contributed by atoms with E-state index >= 15 is 0 Å². The van der Waals surface area contributed by atoms with Crippen molar-refractivity contribution in [2.24, 2.45) is 11.8 Å². The summed E-state index contributed by atoms with van der Waals surface area (Å²) in [7, 11) is 0. The molecule has 4 nitrogen and oxygen atoms in total. The Morgan fingerprint density at radius 1 is 1.10 bits per heavy atom. The largest absolute Gasteiger partial charge is 0.356 e. The van der Waals surface area contributed by atoms with Crippen molar-refractivity contribution < 1.29 is 9.59 Å². The fraction of sp³-hybridized carbons (Fsp3) is 0.875. The van der Waals surface area contributed by atoms with Crippen LogP contribution in [-0.4, -0.2) is 42.8 Å². The fourth-order valence-corrected chi connectivity index (χ4v) is 3.12. The van der Waals surface area contributed by atoms with Crippen LogP contribution in [0, 0.1) is 11.8 Å². The molecule has 1 aliphatic carbocycles. The highest BCUT2D eigenvalue weighted by Gasteiger charge is 2.33. The quantitative estimate of drug-likeness (QED) is 0.695. The lowest BCUT2D eigenvalue weighted by molar-refractivity contribution is -0.134. The Bertz CT molecular complexity index is 314. The lowest BCUT2D eigenvalue weighted by Gasteiger charge is -2.28. The van der Waals surface area contributed by atoms with Crippen molar-refractivity contribution in [3.8, 4) is 0 Å². The molecule has 2 unspecified atom stereocenters. The number of nitrogens with one attached hydrogen (secondary N) is 1. The van der Waals surface area contributed by atoms with E-state index in [4.69, 9.17) is 0 Å². The third-order valence-electron chi connectivity index (χ3n) is 4.47. The number of amides is 1. The van der Waals surface area contributed by atoms with Crippen LogP contribution in [0.15, 0.2) is 0 Å². The molecule has 0 aliphatic heterocycles. The normalized spacial score (nSPS) is 22.8. The standard InChI is InChI=1S/C16H30N2O2/c1-4-18(5-2)12-8-11-17-16(20)15-10-7-6-9-14(15)13(3)19/h14-15H,4-12H2,1-3H3,(H,17,20). The van der Waals surface area contributed by atoms with Crippen molar-refractivity contribution in [2.75, 3.05) is 26.2 Å². The molecule has 1 rings (SSSR count). The molecule has 0 spiro atoms. The summed E-state index contributed by atoms with van der Waals surface area (Å²) in [5.74, 6) is 0.124. The molecule has 0 saturated heterocycles. The first-order valence-electron chi connectivity index (χ1n) is 8.10. The van der Waals surface area contributed by atoms with Crippen molar-refractivity contribution in [3.63, 3.8) is 0 Å². The van der Waals surface area contributed by atoms with Crippen molar-refractivity contribution >= 4 is 11.7 Å². The first kappa shape index (κ1) is 17.2. The molecular formula is C16H30N2O2. The van der Waals surface area contributed by atoms with Crippen molar-refractivity contribution in [1.29, 1.82) is 0 Å². The van der Waals surface area contributed by atoms with E-state index in [-0.39, 0.29) is 23.5 Å². The summed E-state index contributed by atoms with van der Waals surface area (Å²) in [5, 5.41) is 3.02. The summed E-state index contributed by atoms with van der Waals surface area (Å²) in [6.45, 7) is 9.78. The van der Waals surface area contributed by atoms with E-state index in [0.717, 1.165) is 58.3 Å². The predicted octanol–water partition coefficient (Wildman–Crippen LogP) is 2.23. The van der Waals surface area contributed by atoms with Gasteiger partial charge in [0.25, 0.3) is 0 Å². The Morgan fingerprint density at radius 3 is 2.25 bits per heavy atom. The number of rotatable bonds is 8. The Balaban J connectivity index is 2.32. The van der Waals surface area contributed by atoms with Crippen LogP contribution < -0.4 is 5.32 Å². The van der Waals surface area contributed by atoms with E-state index in [2.05, 4.69) is 24.1 Å². The van der Waals surface area contributed by atoms with Crippen LogP contribution in [0.5, 0.6) is 0 Å². The maximum Gasteiger partial charge on any atom is 0.223 e. The van der Waals surface area contributed by atoms with Crippen LogP contribution in [0.1, 0.15) is 52.9 Å². The molecule has 0 aromatic carbocycles. The summed E-state index contributed by atoms with van der Waals surface area (Å²) >= 11 is 0. The lowest BCUT2D eigenvalue weighted by Crippen LogP contribution is -2.40. The van der Waals surface area contributed by atoms with Gasteiger partial charge in [-0.3, -0.25) is 9.59 Å². The first-order valence-corrected chi connectivity index (χ1v) is 8.10. The molecule has 1 saturated carbocycles. The van der Waals surface area contributed by atoms with Gasteiger partial charge in [0, 0.05) is 18.4 Å². The molecule has 4 heteroatoms. The molecule has 116 valence electrons. The topological polar surface area (TPSA) is 49.4 Å². The summed E-state index contributed by atoms with van der Waals surface area (Å²) in [4.78, 5) is 26.2. The molecular weight excluding hydrogens is 252 g/mol. The summed E-state index contributed by atoms with van der Waals surface area (Å²) in [5.41, 5.74) is 0. The number of carbonyl (C=O) groups excluding carboxylic acids is 2. The second-order valence-electron chi connectivity index (χ2n) is 5.78. The van der Waals surface area contributed by atoms with Gasteiger partial charge in [-0.25, -0.2) is 0 Å². The first-order chi connectivity index (χ1) is 9.60. The average molecular weight is 282 g/mol. The van der Waals surface area contributed by atoms with E-state index in [0.29, 0.717) is 0 Å². The monoisotopic (exact) mass is 282 g/mol. The second kappa shape index (κ2) is 9.11. The van der Waals surface area contributed by atoms with E-state index in [9.17, 15) is 9.59 Å². The Labute approximate surface area is 123 Å². The SMILES string of the molecule is CCN(CC)CCCNC(=O)C1CCCCC1C(C)=O. The van der Waals surface area contributed by atoms with Crippen molar-refractivity contribution in [3.05, 3.63) is 0 Å². The summed E-state index contributed by atoms with van der Waals surface area (Å²) in [6, 6.07) is 0. The summed E-state index contributed by atoms with van der Waals surface area (Å²) < 4.78 is 0. The second-order valence-corrected chi connectivity index (χ2v) is 5.78. The molecule has 20 heavy (non-hydrogen) atoms. The van der Waals surface area contributed by atoms with Crippen LogP contribution in [0.25, 0.3) is 0 Å². The predicted molar refractivity (Wildman–Crippen MR) is 81.5 cm³/mol. The maximum atomic E-state index is 12.2. The van der Waals surface area contributed by atoms with Crippen LogP contribution in [0.4, 0.5) is 0 Å². The molecule has 1 N–H and O–H groups in total. The zero-order valence-electron chi connectivity index (χ0n) is 13.3. The average Bonchev–Trinajstić information content (AvgIpc) is 2.47. The number of nitrogens with zero attached hydrogens (tertiary/aromatic N) is 1. The van der Waals surface area contributed by atoms with Crippen LogP contribution in [0.2, 0.25) is 0 Å². The number of hydrogen-bond acceptors (Lipinski definition) is 3. The van der Waals surface area contributed by atoms with Gasteiger partial charge in [0.15, 0.2) is 0 Å². The Kier molecular flexibility index (Phi) is 7.82. The third kappa shape index (κ3) is 5.23. The molecule has 0 aromatic heterocycles. The Morgan fingerprint density at radius 2 is 1.70 bits per heavy atom. The van der Waals surface area contributed by atoms with Gasteiger partial charge in [-0.05, 0) is 45.8 Å². The van der Waals surface area contributed by atoms with Gasteiger partial charge in [-0.2, -0.15) is 0 Å². The maximum absolute atomic E-state index is 12.2. The molecule has 0 aromatic rings. The molecule has 0 heterocycles. The van der Waals surface area contributed by atoms with Gasteiger partial charge < -0.3 is 10.2 Å². The third-order valence-corrected chi connectivity index (χ3v) is 4.47. The molecule has 1 aliphatic rings. The van der Waals surface area contributed by atoms with Gasteiger partial charge >= 0.3 is 0 Å². The molecule has 2 atom stereocenters.